The van der Waals surface area contributed by atoms with Crippen LogP contribution in [0.2, 0.25) is 0 Å². The summed E-state index contributed by atoms with van der Waals surface area (Å²) in [5.41, 5.74) is 3.64. The summed E-state index contributed by atoms with van der Waals surface area (Å²) in [5.74, 6) is 0.546. The van der Waals surface area contributed by atoms with Gasteiger partial charge in [0.05, 0.1) is 5.69 Å². The van der Waals surface area contributed by atoms with Crippen molar-refractivity contribution in [3.63, 3.8) is 0 Å². The number of benzene rings is 1. The van der Waals surface area contributed by atoms with Gasteiger partial charge in [0.2, 0.25) is 5.84 Å². The molecule has 1 saturated heterocycles. The van der Waals surface area contributed by atoms with Crippen LogP contribution >= 0.6 is 0 Å². The zero-order valence-electron chi connectivity index (χ0n) is 16.4. The molecule has 0 bridgehead atoms. The molecule has 27 heavy (non-hydrogen) atoms. The summed E-state index contributed by atoms with van der Waals surface area (Å²) in [5, 5.41) is 1.42. The van der Waals surface area contributed by atoms with Crippen molar-refractivity contribution in [3.05, 3.63) is 30.3 Å². The standard InChI is InChI=1S/C20H29N5O2/c1-15(2)14-23-10-7-11-24(13-12-23)20(27)18-21-16(3)19(26)25(22-18)17-8-5-4-6-9-17/h4-6,8-9,15-16H,7,10-14H2,1-3H3,(H,21,22)/t16-/m1/s1. The normalized spacial score (nSPS) is 21.7. The second-order valence-electron chi connectivity index (χ2n) is 7.61. The van der Waals surface area contributed by atoms with E-state index in [4.69, 9.17) is 0 Å². The van der Waals surface area contributed by atoms with E-state index in [1.165, 1.54) is 5.01 Å². The van der Waals surface area contributed by atoms with E-state index < -0.39 is 6.04 Å². The average molecular weight is 371 g/mol. The van der Waals surface area contributed by atoms with E-state index in [0.717, 1.165) is 26.1 Å². The lowest BCUT2D eigenvalue weighted by Crippen LogP contribution is -2.58. The predicted octanol–water partition coefficient (Wildman–Crippen LogP) is 1.52. The number of hydrogen-bond acceptors (Lipinski definition) is 5. The molecule has 1 fully saturated rings. The lowest BCUT2D eigenvalue weighted by molar-refractivity contribution is -0.124. The molecule has 1 N–H and O–H groups in total. The van der Waals surface area contributed by atoms with Crippen LogP contribution in [0.15, 0.2) is 35.3 Å². The molecule has 7 nitrogen and oxygen atoms in total. The van der Waals surface area contributed by atoms with Crippen molar-refractivity contribution in [3.8, 4) is 0 Å². The minimum Gasteiger partial charge on any atom is -0.335 e. The van der Waals surface area contributed by atoms with Gasteiger partial charge in [-0.05, 0) is 37.9 Å². The Morgan fingerprint density at radius 1 is 1.19 bits per heavy atom. The highest BCUT2D eigenvalue weighted by atomic mass is 16.2. The molecular weight excluding hydrogens is 342 g/mol. The van der Waals surface area contributed by atoms with Gasteiger partial charge >= 0.3 is 0 Å². The Morgan fingerprint density at radius 2 is 1.93 bits per heavy atom. The number of anilines is 1. The molecule has 0 aromatic heterocycles. The van der Waals surface area contributed by atoms with Crippen LogP contribution in [0.25, 0.3) is 0 Å². The first-order valence-electron chi connectivity index (χ1n) is 9.71. The minimum absolute atomic E-state index is 0.137. The first kappa shape index (κ1) is 19.4. The summed E-state index contributed by atoms with van der Waals surface area (Å²) in [7, 11) is 0. The molecule has 2 aliphatic heterocycles. The maximum atomic E-state index is 13.0. The Hall–Kier alpha value is -2.41. The number of aliphatic imine (C=N–C) groups is 1. The van der Waals surface area contributed by atoms with Crippen molar-refractivity contribution in [2.75, 3.05) is 37.7 Å². The van der Waals surface area contributed by atoms with Crippen LogP contribution in [-0.2, 0) is 9.59 Å². The van der Waals surface area contributed by atoms with E-state index in [1.807, 2.05) is 35.2 Å². The Balaban J connectivity index is 1.70. The van der Waals surface area contributed by atoms with Crippen LogP contribution in [0.4, 0.5) is 5.69 Å². The first-order valence-corrected chi connectivity index (χ1v) is 9.71. The fraction of sp³-hybridized carbons (Fsp3) is 0.550. The summed E-state index contributed by atoms with van der Waals surface area (Å²) < 4.78 is 0. The number of rotatable bonds is 4. The molecule has 7 heteroatoms. The molecule has 2 aliphatic rings. The fourth-order valence-corrected chi connectivity index (χ4v) is 3.52. The second kappa shape index (κ2) is 8.52. The number of nitrogens with one attached hydrogen (secondary N) is 1. The molecule has 0 unspecified atom stereocenters. The minimum atomic E-state index is -0.588. The van der Waals surface area contributed by atoms with Gasteiger partial charge in [-0.3, -0.25) is 15.0 Å². The Labute approximate surface area is 161 Å². The van der Waals surface area contributed by atoms with Crippen LogP contribution in [0.3, 0.4) is 0 Å². The molecule has 2 amide bonds. The van der Waals surface area contributed by atoms with Crippen molar-refractivity contribution in [1.82, 2.24) is 15.2 Å². The average Bonchev–Trinajstić information content (AvgIpc) is 2.89. The molecule has 146 valence electrons. The zero-order valence-corrected chi connectivity index (χ0v) is 16.4. The van der Waals surface area contributed by atoms with Gasteiger partial charge in [0.1, 0.15) is 6.04 Å². The van der Waals surface area contributed by atoms with Crippen LogP contribution in [0.5, 0.6) is 0 Å². The van der Waals surface area contributed by atoms with Crippen molar-refractivity contribution < 1.29 is 9.59 Å². The third-order valence-electron chi connectivity index (χ3n) is 4.83. The number of carbonyl (C=O) groups excluding carboxylic acids is 2. The van der Waals surface area contributed by atoms with E-state index in [9.17, 15) is 9.59 Å². The van der Waals surface area contributed by atoms with Crippen LogP contribution in [0, 0.1) is 5.92 Å². The SMILES string of the molecule is CC(C)CN1CCCN(C(=O)C2=N[C@H](C)C(=O)N(c3ccccc3)N2)CC1. The van der Waals surface area contributed by atoms with E-state index in [2.05, 4.69) is 29.2 Å². The molecule has 0 spiro atoms. The van der Waals surface area contributed by atoms with Gasteiger partial charge in [-0.2, -0.15) is 0 Å². The fourth-order valence-electron chi connectivity index (χ4n) is 3.52. The maximum absolute atomic E-state index is 13.0. The van der Waals surface area contributed by atoms with E-state index >= 15 is 0 Å². The van der Waals surface area contributed by atoms with Gasteiger partial charge in [-0.1, -0.05) is 32.0 Å². The topological polar surface area (TPSA) is 68.2 Å². The van der Waals surface area contributed by atoms with Gasteiger partial charge in [0.25, 0.3) is 11.8 Å². The lowest BCUT2D eigenvalue weighted by Gasteiger charge is -2.32. The monoisotopic (exact) mass is 371 g/mol. The molecule has 0 radical (unpaired) electrons. The Morgan fingerprint density at radius 3 is 2.63 bits per heavy atom. The van der Waals surface area contributed by atoms with Crippen LogP contribution < -0.4 is 10.4 Å². The van der Waals surface area contributed by atoms with Crippen molar-refractivity contribution >= 4 is 23.3 Å². The highest BCUT2D eigenvalue weighted by molar-refractivity contribution is 6.39. The molecule has 1 atom stereocenters. The molecule has 0 saturated carbocycles. The quantitative estimate of drug-likeness (QED) is 0.871. The molecule has 1 aromatic rings. The Bertz CT molecular complexity index is 704. The number of hydrogen-bond donors (Lipinski definition) is 1. The smallest absolute Gasteiger partial charge is 0.290 e. The summed E-state index contributed by atoms with van der Waals surface area (Å²) in [4.78, 5) is 34.1. The van der Waals surface area contributed by atoms with Crippen molar-refractivity contribution in [1.29, 1.82) is 0 Å². The third kappa shape index (κ3) is 4.66. The first-order chi connectivity index (χ1) is 13.0. The molecule has 2 heterocycles. The number of amides is 2. The highest BCUT2D eigenvalue weighted by Crippen LogP contribution is 2.17. The summed E-state index contributed by atoms with van der Waals surface area (Å²) in [6.07, 6.45) is 0.947. The molecule has 0 aliphatic carbocycles. The zero-order chi connectivity index (χ0) is 19.4. The summed E-state index contributed by atoms with van der Waals surface area (Å²) in [6, 6.07) is 8.69. The third-order valence-corrected chi connectivity index (χ3v) is 4.83. The number of amidine groups is 1. The Kier molecular flexibility index (Phi) is 6.11. The number of hydrazine groups is 1. The van der Waals surface area contributed by atoms with E-state index in [1.54, 1.807) is 6.92 Å². The van der Waals surface area contributed by atoms with Gasteiger partial charge in [0, 0.05) is 26.2 Å². The van der Waals surface area contributed by atoms with E-state index in [0.29, 0.717) is 24.7 Å². The number of nitrogens with zero attached hydrogens (tertiary/aromatic N) is 4. The van der Waals surface area contributed by atoms with Gasteiger partial charge in [0.15, 0.2) is 0 Å². The van der Waals surface area contributed by atoms with Crippen molar-refractivity contribution in [2.24, 2.45) is 10.9 Å². The number of carbonyl (C=O) groups is 2. The lowest BCUT2D eigenvalue weighted by atomic mass is 10.2. The molecule has 3 rings (SSSR count). The van der Waals surface area contributed by atoms with Gasteiger partial charge < -0.3 is 9.80 Å². The summed E-state index contributed by atoms with van der Waals surface area (Å²) in [6.45, 7) is 10.5. The number of para-hydroxylation sites is 1. The summed E-state index contributed by atoms with van der Waals surface area (Å²) >= 11 is 0. The largest absolute Gasteiger partial charge is 0.335 e. The maximum Gasteiger partial charge on any atom is 0.290 e. The van der Waals surface area contributed by atoms with Gasteiger partial charge in [-0.25, -0.2) is 10.0 Å². The van der Waals surface area contributed by atoms with Gasteiger partial charge in [-0.15, -0.1) is 0 Å². The second-order valence-corrected chi connectivity index (χ2v) is 7.61. The predicted molar refractivity (Wildman–Crippen MR) is 106 cm³/mol. The molecular formula is C20H29N5O2. The van der Waals surface area contributed by atoms with Crippen molar-refractivity contribution in [2.45, 2.75) is 33.2 Å². The molecule has 1 aromatic carbocycles. The van der Waals surface area contributed by atoms with Crippen LogP contribution in [0.1, 0.15) is 27.2 Å². The highest BCUT2D eigenvalue weighted by Gasteiger charge is 2.33. The van der Waals surface area contributed by atoms with E-state index in [-0.39, 0.29) is 17.6 Å². The van der Waals surface area contributed by atoms with Crippen LogP contribution in [-0.4, -0.2) is 66.2 Å².